The number of amides is 2. The highest BCUT2D eigenvalue weighted by Gasteiger charge is 2.25. The number of aromatic amines is 1. The maximum atomic E-state index is 13.1. The molecule has 2 heterocycles. The summed E-state index contributed by atoms with van der Waals surface area (Å²) < 4.78 is 11.5. The van der Waals surface area contributed by atoms with Gasteiger partial charge in [-0.3, -0.25) is 19.7 Å². The third kappa shape index (κ3) is 8.58. The molecule has 1 atom stereocenters. The number of hydrogen-bond donors (Lipinski definition) is 3. The molecule has 0 saturated heterocycles. The fourth-order valence-electron chi connectivity index (χ4n) is 4.02. The minimum absolute atomic E-state index is 0.209. The number of benzene rings is 2. The summed E-state index contributed by atoms with van der Waals surface area (Å²) in [4.78, 5) is 50.2. The van der Waals surface area contributed by atoms with E-state index in [9.17, 15) is 19.2 Å². The smallest absolute Gasteiger partial charge is 0.411 e. The van der Waals surface area contributed by atoms with Gasteiger partial charge in [-0.15, -0.1) is 5.10 Å². The molecule has 44 heavy (non-hydrogen) atoms. The Morgan fingerprint density at radius 1 is 1.11 bits per heavy atom. The highest BCUT2D eigenvalue weighted by atomic mass is 35.5. The van der Waals surface area contributed by atoms with Gasteiger partial charge in [-0.05, 0) is 79.2 Å². The first kappa shape index (κ1) is 31.6. The van der Waals surface area contributed by atoms with Crippen molar-refractivity contribution in [1.29, 1.82) is 0 Å². The second-order valence-electron chi connectivity index (χ2n) is 10.4. The van der Waals surface area contributed by atoms with Crippen LogP contribution in [0, 0.1) is 0 Å². The van der Waals surface area contributed by atoms with E-state index >= 15 is 0 Å². The van der Waals surface area contributed by atoms with E-state index in [2.05, 4.69) is 41.1 Å². The molecule has 2 amide bonds. The van der Waals surface area contributed by atoms with Gasteiger partial charge in [0.25, 0.3) is 5.56 Å². The van der Waals surface area contributed by atoms with Gasteiger partial charge < -0.3 is 14.8 Å². The third-order valence-corrected chi connectivity index (χ3v) is 6.15. The summed E-state index contributed by atoms with van der Waals surface area (Å²) in [6, 6.07) is 11.9. The SMILES string of the molecule is COC(=O)Nc1ccc(-c2cc([C@H](CC(=O)OC(C)(C)C)NC(=O)C=Cc3cc(Cl)ccc3-n3cnnn3)n[nH]c2=O)cc1. The molecule has 0 spiro atoms. The van der Waals surface area contributed by atoms with Gasteiger partial charge in [0.1, 0.15) is 11.9 Å². The fraction of sp³-hybridized carbons (Fsp3) is 0.241. The molecule has 0 aliphatic carbocycles. The number of carbonyl (C=O) groups is 3. The van der Waals surface area contributed by atoms with E-state index in [0.717, 1.165) is 0 Å². The molecule has 0 unspecified atom stereocenters. The largest absolute Gasteiger partial charge is 0.460 e. The van der Waals surface area contributed by atoms with Crippen LogP contribution in [0.3, 0.4) is 0 Å². The van der Waals surface area contributed by atoms with Crippen LogP contribution in [0.15, 0.2) is 65.7 Å². The predicted molar refractivity (Wildman–Crippen MR) is 161 cm³/mol. The van der Waals surface area contributed by atoms with Crippen molar-refractivity contribution in [2.75, 3.05) is 12.4 Å². The zero-order valence-electron chi connectivity index (χ0n) is 24.2. The summed E-state index contributed by atoms with van der Waals surface area (Å²) in [5, 5.41) is 23.4. The minimum Gasteiger partial charge on any atom is -0.460 e. The molecule has 4 rings (SSSR count). The summed E-state index contributed by atoms with van der Waals surface area (Å²) in [5.74, 6) is -1.15. The summed E-state index contributed by atoms with van der Waals surface area (Å²) in [6.07, 6.45) is 3.28. The Morgan fingerprint density at radius 3 is 2.52 bits per heavy atom. The van der Waals surface area contributed by atoms with Gasteiger partial charge in [0.2, 0.25) is 5.91 Å². The molecule has 228 valence electrons. The fourth-order valence-corrected chi connectivity index (χ4v) is 4.20. The summed E-state index contributed by atoms with van der Waals surface area (Å²) in [5.41, 5.74) is 1.26. The Balaban J connectivity index is 1.62. The van der Waals surface area contributed by atoms with Crippen LogP contribution in [0.5, 0.6) is 0 Å². The topological polar surface area (TPSA) is 183 Å². The Hall–Kier alpha value is -5.37. The molecule has 2 aromatic heterocycles. The van der Waals surface area contributed by atoms with Crippen molar-refractivity contribution in [3.05, 3.63) is 87.6 Å². The first-order chi connectivity index (χ1) is 20.9. The van der Waals surface area contributed by atoms with Crippen LogP contribution >= 0.6 is 11.6 Å². The number of hydrogen-bond acceptors (Lipinski definition) is 10. The first-order valence-electron chi connectivity index (χ1n) is 13.2. The number of halogens is 1. The zero-order chi connectivity index (χ0) is 31.9. The lowest BCUT2D eigenvalue weighted by molar-refractivity contribution is -0.155. The van der Waals surface area contributed by atoms with E-state index < -0.39 is 35.2 Å². The molecule has 15 heteroatoms. The number of nitrogens with zero attached hydrogens (tertiary/aromatic N) is 5. The van der Waals surface area contributed by atoms with E-state index in [1.54, 1.807) is 63.2 Å². The van der Waals surface area contributed by atoms with Gasteiger partial charge >= 0.3 is 12.1 Å². The standard InChI is InChI=1S/C29H29ClN8O6/c1-29(2,3)44-26(40)15-22(33-25(39)12-7-18-13-19(30)8-11-24(18)38-16-31-36-37-38)23-14-21(27(41)35-34-23)17-5-9-20(10-6-17)32-28(42)43-4/h5-14,16,22H,15H2,1-4H3,(H,32,42)(H,33,39)(H,35,41)/t22-/m0/s1. The molecule has 0 aliphatic heterocycles. The number of methoxy groups -OCH3 is 1. The number of rotatable bonds is 9. The van der Waals surface area contributed by atoms with E-state index in [4.69, 9.17) is 16.3 Å². The molecule has 0 radical (unpaired) electrons. The second kappa shape index (κ2) is 13.7. The van der Waals surface area contributed by atoms with Gasteiger partial charge in [0.15, 0.2) is 0 Å². The summed E-state index contributed by atoms with van der Waals surface area (Å²) in [7, 11) is 1.25. The van der Waals surface area contributed by atoms with E-state index in [-0.39, 0.29) is 17.7 Å². The van der Waals surface area contributed by atoms with Crippen LogP contribution < -0.4 is 16.2 Å². The Labute approximate surface area is 256 Å². The maximum Gasteiger partial charge on any atom is 0.411 e. The molecule has 2 aromatic carbocycles. The highest BCUT2D eigenvalue weighted by molar-refractivity contribution is 6.30. The number of anilines is 1. The van der Waals surface area contributed by atoms with E-state index in [0.29, 0.717) is 27.5 Å². The normalized spacial score (nSPS) is 12.0. The second-order valence-corrected chi connectivity index (χ2v) is 10.8. The van der Waals surface area contributed by atoms with Gasteiger partial charge in [-0.25, -0.2) is 9.89 Å². The van der Waals surface area contributed by atoms with Gasteiger partial charge in [-0.1, -0.05) is 23.7 Å². The Bertz CT molecular complexity index is 1730. The molecule has 0 bridgehead atoms. The summed E-state index contributed by atoms with van der Waals surface area (Å²) >= 11 is 6.18. The molecule has 14 nitrogen and oxygen atoms in total. The zero-order valence-corrected chi connectivity index (χ0v) is 25.0. The van der Waals surface area contributed by atoms with Crippen LogP contribution in [0.1, 0.15) is 44.5 Å². The number of nitrogens with one attached hydrogen (secondary N) is 3. The molecular weight excluding hydrogens is 592 g/mol. The Kier molecular flexibility index (Phi) is 9.85. The maximum absolute atomic E-state index is 13.1. The minimum atomic E-state index is -0.976. The number of aromatic nitrogens is 6. The van der Waals surface area contributed by atoms with Crippen molar-refractivity contribution in [2.45, 2.75) is 38.8 Å². The van der Waals surface area contributed by atoms with E-state index in [1.807, 2.05) is 0 Å². The Morgan fingerprint density at radius 2 is 1.86 bits per heavy atom. The quantitative estimate of drug-likeness (QED) is 0.183. The lowest BCUT2D eigenvalue weighted by atomic mass is 10.0. The monoisotopic (exact) mass is 620 g/mol. The number of tetrazole rings is 1. The molecule has 3 N–H and O–H groups in total. The molecular formula is C29H29ClN8O6. The van der Waals surface area contributed by atoms with Gasteiger partial charge in [0, 0.05) is 22.3 Å². The van der Waals surface area contributed by atoms with Crippen LogP contribution in [-0.4, -0.2) is 61.1 Å². The summed E-state index contributed by atoms with van der Waals surface area (Å²) in [6.45, 7) is 5.18. The van der Waals surface area contributed by atoms with Crippen molar-refractivity contribution in [3.63, 3.8) is 0 Å². The molecule has 0 aliphatic rings. The van der Waals surface area contributed by atoms with Crippen LogP contribution in [0.2, 0.25) is 5.02 Å². The number of esters is 1. The van der Waals surface area contributed by atoms with Crippen molar-refractivity contribution in [2.24, 2.45) is 0 Å². The van der Waals surface area contributed by atoms with Crippen molar-refractivity contribution in [3.8, 4) is 16.8 Å². The van der Waals surface area contributed by atoms with Gasteiger partial charge in [0.05, 0.1) is 36.5 Å². The van der Waals surface area contributed by atoms with Crippen molar-refractivity contribution in [1.82, 2.24) is 35.7 Å². The first-order valence-corrected chi connectivity index (χ1v) is 13.6. The third-order valence-electron chi connectivity index (χ3n) is 5.92. The van der Waals surface area contributed by atoms with Gasteiger partial charge in [-0.2, -0.15) is 9.78 Å². The average molecular weight is 621 g/mol. The van der Waals surface area contributed by atoms with Crippen LogP contribution in [0.25, 0.3) is 22.9 Å². The molecule has 0 saturated carbocycles. The highest BCUT2D eigenvalue weighted by Crippen LogP contribution is 2.24. The predicted octanol–water partition coefficient (Wildman–Crippen LogP) is 3.85. The average Bonchev–Trinajstić information content (AvgIpc) is 3.50. The molecule has 4 aromatic rings. The number of H-pyrrole nitrogens is 1. The van der Waals surface area contributed by atoms with E-state index in [1.165, 1.54) is 36.3 Å². The number of carbonyl (C=O) groups excluding carboxylic acids is 3. The molecule has 0 fully saturated rings. The lowest BCUT2D eigenvalue weighted by Crippen LogP contribution is -2.33. The van der Waals surface area contributed by atoms with Crippen molar-refractivity contribution < 1.29 is 23.9 Å². The number of ether oxygens (including phenoxy) is 2. The lowest BCUT2D eigenvalue weighted by Gasteiger charge is -2.22. The van der Waals surface area contributed by atoms with Crippen LogP contribution in [-0.2, 0) is 19.1 Å². The van der Waals surface area contributed by atoms with Crippen LogP contribution in [0.4, 0.5) is 10.5 Å². The van der Waals surface area contributed by atoms with Crippen molar-refractivity contribution >= 4 is 41.3 Å².